The molecule has 2 rings (SSSR count). The highest BCUT2D eigenvalue weighted by atomic mass is 35.5. The fraction of sp³-hybridized carbons (Fsp3) is 0.500. The molecule has 1 aromatic carbocycles. The van der Waals surface area contributed by atoms with Crippen LogP contribution in [0.3, 0.4) is 0 Å². The molecule has 1 saturated carbocycles. The topological polar surface area (TPSA) is 43.4 Å². The number of ether oxygens (including phenoxy) is 1. The van der Waals surface area contributed by atoms with E-state index in [4.69, 9.17) is 16.3 Å². The number of halogens is 1. The molecule has 4 heteroatoms. The molecule has 1 aromatic rings. The maximum Gasteiger partial charge on any atom is 0.306 e. The van der Waals surface area contributed by atoms with Gasteiger partial charge in [-0.15, -0.1) is 0 Å². The van der Waals surface area contributed by atoms with Gasteiger partial charge in [-0.3, -0.25) is 9.59 Å². The average Bonchev–Trinajstić information content (AvgIpc) is 2.43. The molecule has 20 heavy (non-hydrogen) atoms. The zero-order chi connectivity index (χ0) is 14.5. The van der Waals surface area contributed by atoms with E-state index in [0.717, 1.165) is 24.8 Å². The maximum absolute atomic E-state index is 12.5. The van der Waals surface area contributed by atoms with Gasteiger partial charge in [-0.2, -0.15) is 0 Å². The number of ketones is 1. The minimum absolute atomic E-state index is 0.111. The van der Waals surface area contributed by atoms with Crippen molar-refractivity contribution in [2.24, 2.45) is 5.92 Å². The van der Waals surface area contributed by atoms with Crippen molar-refractivity contribution in [1.29, 1.82) is 0 Å². The minimum Gasteiger partial charge on any atom is -0.466 e. The van der Waals surface area contributed by atoms with E-state index in [0.29, 0.717) is 11.6 Å². The molecule has 0 aliphatic heterocycles. The van der Waals surface area contributed by atoms with Crippen LogP contribution >= 0.6 is 11.6 Å². The molecule has 0 radical (unpaired) electrons. The summed E-state index contributed by atoms with van der Waals surface area (Å²) >= 11 is 5.87. The zero-order valence-electron chi connectivity index (χ0n) is 11.6. The molecule has 0 N–H and O–H groups in total. The molecule has 0 saturated heterocycles. The lowest BCUT2D eigenvalue weighted by molar-refractivity contribution is -0.146. The van der Waals surface area contributed by atoms with Crippen molar-refractivity contribution in [2.75, 3.05) is 6.61 Å². The van der Waals surface area contributed by atoms with Crippen LogP contribution in [-0.2, 0) is 14.3 Å². The smallest absolute Gasteiger partial charge is 0.306 e. The molecule has 2 atom stereocenters. The molecule has 1 aliphatic rings. The summed E-state index contributed by atoms with van der Waals surface area (Å²) in [6.45, 7) is 2.14. The average molecular weight is 295 g/mol. The standard InChI is InChI=1S/C16H19ClO3/c1-2-20-15(18)10-12-4-3-5-14(16(12)19)11-6-8-13(17)9-7-11/h6-9,12,14H,2-5,10H2,1H3. The number of carbonyl (C=O) groups excluding carboxylic acids is 2. The van der Waals surface area contributed by atoms with E-state index in [1.54, 1.807) is 19.1 Å². The number of carbonyl (C=O) groups is 2. The quantitative estimate of drug-likeness (QED) is 0.794. The second-order valence-corrected chi connectivity index (χ2v) is 5.58. The molecule has 2 unspecified atom stereocenters. The van der Waals surface area contributed by atoms with Gasteiger partial charge in [0, 0.05) is 16.9 Å². The summed E-state index contributed by atoms with van der Waals surface area (Å²) < 4.78 is 4.94. The van der Waals surface area contributed by atoms with Crippen molar-refractivity contribution >= 4 is 23.4 Å². The van der Waals surface area contributed by atoms with Gasteiger partial charge in [0.05, 0.1) is 13.0 Å². The molecule has 108 valence electrons. The SMILES string of the molecule is CCOC(=O)CC1CCCC(c2ccc(Cl)cc2)C1=O. The molecular formula is C16H19ClO3. The highest BCUT2D eigenvalue weighted by molar-refractivity contribution is 6.30. The summed E-state index contributed by atoms with van der Waals surface area (Å²) in [7, 11) is 0. The van der Waals surface area contributed by atoms with Crippen LogP contribution in [0.5, 0.6) is 0 Å². The molecule has 0 spiro atoms. The molecule has 3 nitrogen and oxygen atoms in total. The third kappa shape index (κ3) is 3.60. The first-order valence-corrected chi connectivity index (χ1v) is 7.44. The molecule has 0 heterocycles. The lowest BCUT2D eigenvalue weighted by atomic mass is 9.75. The maximum atomic E-state index is 12.5. The van der Waals surface area contributed by atoms with E-state index in [9.17, 15) is 9.59 Å². The van der Waals surface area contributed by atoms with Crippen LogP contribution in [0, 0.1) is 5.92 Å². The van der Waals surface area contributed by atoms with Crippen molar-refractivity contribution in [3.05, 3.63) is 34.9 Å². The highest BCUT2D eigenvalue weighted by Crippen LogP contribution is 2.35. The second kappa shape index (κ2) is 6.89. The van der Waals surface area contributed by atoms with E-state index >= 15 is 0 Å². The first-order valence-electron chi connectivity index (χ1n) is 7.06. The monoisotopic (exact) mass is 294 g/mol. The van der Waals surface area contributed by atoms with Crippen LogP contribution in [0.25, 0.3) is 0 Å². The summed E-state index contributed by atoms with van der Waals surface area (Å²) in [5.74, 6) is -0.432. The van der Waals surface area contributed by atoms with Gasteiger partial charge in [-0.25, -0.2) is 0 Å². The van der Waals surface area contributed by atoms with Gasteiger partial charge in [0.15, 0.2) is 0 Å². The number of rotatable bonds is 4. The Morgan fingerprint density at radius 2 is 2.00 bits per heavy atom. The van der Waals surface area contributed by atoms with Gasteiger partial charge in [0.1, 0.15) is 5.78 Å². The van der Waals surface area contributed by atoms with Crippen molar-refractivity contribution in [3.8, 4) is 0 Å². The lowest BCUT2D eigenvalue weighted by Gasteiger charge is -2.27. The van der Waals surface area contributed by atoms with Crippen LogP contribution in [0.2, 0.25) is 5.02 Å². The normalized spacial score (nSPS) is 22.6. The molecule has 1 fully saturated rings. The Hall–Kier alpha value is -1.35. The Balaban J connectivity index is 2.06. The van der Waals surface area contributed by atoms with Crippen LogP contribution in [0.4, 0.5) is 0 Å². The predicted octanol–water partition coefficient (Wildman–Crippen LogP) is 3.75. The Morgan fingerprint density at radius 3 is 2.65 bits per heavy atom. The van der Waals surface area contributed by atoms with Gasteiger partial charge in [0.2, 0.25) is 0 Å². The van der Waals surface area contributed by atoms with Gasteiger partial charge < -0.3 is 4.74 Å². The van der Waals surface area contributed by atoms with Gasteiger partial charge in [-0.05, 0) is 37.5 Å². The number of esters is 1. The number of hydrogen-bond acceptors (Lipinski definition) is 3. The van der Waals surface area contributed by atoms with Gasteiger partial charge >= 0.3 is 5.97 Å². The number of Topliss-reactive ketones (excluding diaryl/α,β-unsaturated/α-hetero) is 1. The van der Waals surface area contributed by atoms with E-state index in [-0.39, 0.29) is 30.0 Å². The summed E-state index contributed by atoms with van der Waals surface area (Å²) in [4.78, 5) is 24.1. The summed E-state index contributed by atoms with van der Waals surface area (Å²) in [6.07, 6.45) is 2.79. The molecular weight excluding hydrogens is 276 g/mol. The van der Waals surface area contributed by atoms with Crippen LogP contribution in [0.15, 0.2) is 24.3 Å². The third-order valence-electron chi connectivity index (χ3n) is 3.78. The highest BCUT2D eigenvalue weighted by Gasteiger charge is 2.33. The fourth-order valence-corrected chi connectivity index (χ4v) is 2.91. The molecule has 0 bridgehead atoms. The summed E-state index contributed by atoms with van der Waals surface area (Å²) in [6, 6.07) is 7.41. The van der Waals surface area contributed by atoms with Crippen molar-refractivity contribution in [3.63, 3.8) is 0 Å². The van der Waals surface area contributed by atoms with Crippen LogP contribution in [-0.4, -0.2) is 18.4 Å². The first kappa shape index (κ1) is 15.0. The summed E-state index contributed by atoms with van der Waals surface area (Å²) in [5.41, 5.74) is 0.993. The lowest BCUT2D eigenvalue weighted by Crippen LogP contribution is -2.29. The first-order chi connectivity index (χ1) is 9.61. The van der Waals surface area contributed by atoms with Crippen LogP contribution in [0.1, 0.15) is 44.1 Å². The van der Waals surface area contributed by atoms with E-state index in [2.05, 4.69) is 0 Å². The van der Waals surface area contributed by atoms with Gasteiger partial charge in [0.25, 0.3) is 0 Å². The second-order valence-electron chi connectivity index (χ2n) is 5.14. The largest absolute Gasteiger partial charge is 0.466 e. The minimum atomic E-state index is -0.275. The van der Waals surface area contributed by atoms with E-state index in [1.165, 1.54) is 0 Å². The zero-order valence-corrected chi connectivity index (χ0v) is 12.4. The fourth-order valence-electron chi connectivity index (χ4n) is 2.79. The van der Waals surface area contributed by atoms with E-state index in [1.807, 2.05) is 12.1 Å². The summed E-state index contributed by atoms with van der Waals surface area (Å²) in [5, 5.41) is 0.667. The number of hydrogen-bond donors (Lipinski definition) is 0. The van der Waals surface area contributed by atoms with Crippen molar-refractivity contribution in [2.45, 2.75) is 38.5 Å². The predicted molar refractivity (Wildman–Crippen MR) is 77.8 cm³/mol. The Bertz CT molecular complexity index is 481. The molecule has 1 aliphatic carbocycles. The molecule has 0 aromatic heterocycles. The Morgan fingerprint density at radius 1 is 1.30 bits per heavy atom. The molecule has 0 amide bonds. The van der Waals surface area contributed by atoms with E-state index < -0.39 is 0 Å². The van der Waals surface area contributed by atoms with Crippen molar-refractivity contribution in [1.82, 2.24) is 0 Å². The third-order valence-corrected chi connectivity index (χ3v) is 4.03. The van der Waals surface area contributed by atoms with Crippen LogP contribution < -0.4 is 0 Å². The Kier molecular flexibility index (Phi) is 5.18. The Labute approximate surface area is 124 Å². The van der Waals surface area contributed by atoms with Crippen molar-refractivity contribution < 1.29 is 14.3 Å². The van der Waals surface area contributed by atoms with Gasteiger partial charge in [-0.1, -0.05) is 30.2 Å². The number of benzene rings is 1.